The van der Waals surface area contributed by atoms with Gasteiger partial charge in [-0.2, -0.15) is 0 Å². The van der Waals surface area contributed by atoms with Crippen molar-refractivity contribution in [3.05, 3.63) is 10.6 Å². The van der Waals surface area contributed by atoms with Crippen molar-refractivity contribution in [3.63, 3.8) is 0 Å². The molecule has 2 aliphatic rings. The normalized spacial score (nSPS) is 21.2. The maximum atomic E-state index is 11.8. The number of ether oxygens (including phenoxy) is 1. The molecular formula is C12H16N2O2S. The molecule has 1 aliphatic heterocycles. The van der Waals surface area contributed by atoms with E-state index in [2.05, 4.69) is 9.88 Å². The van der Waals surface area contributed by atoms with Crippen molar-refractivity contribution in [1.29, 1.82) is 0 Å². The average Bonchev–Trinajstić information content (AvgIpc) is 2.59. The highest BCUT2D eigenvalue weighted by Gasteiger charge is 2.24. The van der Waals surface area contributed by atoms with Crippen LogP contribution < -0.4 is 4.90 Å². The Morgan fingerprint density at radius 3 is 3.00 bits per heavy atom. The number of rotatable bonds is 1. The molecule has 4 nitrogen and oxygen atoms in total. The molecular weight excluding hydrogens is 236 g/mol. The minimum atomic E-state index is 0.222. The number of hydrogen-bond donors (Lipinski definition) is 0. The summed E-state index contributed by atoms with van der Waals surface area (Å²) in [5.74, 6) is 0.222. The Hall–Kier alpha value is -0.940. The summed E-state index contributed by atoms with van der Waals surface area (Å²) in [7, 11) is 0. The summed E-state index contributed by atoms with van der Waals surface area (Å²) in [5, 5.41) is 1.01. The van der Waals surface area contributed by atoms with Gasteiger partial charge < -0.3 is 9.64 Å². The van der Waals surface area contributed by atoms with E-state index in [9.17, 15) is 4.79 Å². The molecule has 1 aromatic heterocycles. The summed E-state index contributed by atoms with van der Waals surface area (Å²) in [6.45, 7) is 3.47. The van der Waals surface area contributed by atoms with E-state index in [1.54, 1.807) is 11.3 Å². The lowest BCUT2D eigenvalue weighted by atomic mass is 10.0. The molecule has 1 aromatic rings. The highest BCUT2D eigenvalue weighted by Crippen LogP contribution is 2.32. The molecule has 1 aliphatic carbocycles. The maximum Gasteiger partial charge on any atom is 0.186 e. The molecule has 0 atom stereocenters. The number of Topliss-reactive ketones (excluding diaryl/α,β-unsaturated/α-hetero) is 1. The molecule has 17 heavy (non-hydrogen) atoms. The van der Waals surface area contributed by atoms with Crippen LogP contribution in [0.5, 0.6) is 0 Å². The van der Waals surface area contributed by atoms with E-state index in [0.29, 0.717) is 6.42 Å². The highest BCUT2D eigenvalue weighted by atomic mass is 32.1. The van der Waals surface area contributed by atoms with Gasteiger partial charge in [-0.25, -0.2) is 4.98 Å². The topological polar surface area (TPSA) is 42.4 Å². The van der Waals surface area contributed by atoms with Gasteiger partial charge in [-0.05, 0) is 19.3 Å². The quantitative estimate of drug-likeness (QED) is 0.765. The minimum Gasteiger partial charge on any atom is -0.380 e. The molecule has 0 N–H and O–H groups in total. The second kappa shape index (κ2) is 4.74. The Kier molecular flexibility index (Phi) is 3.11. The van der Waals surface area contributed by atoms with Gasteiger partial charge >= 0.3 is 0 Å². The first-order valence-electron chi connectivity index (χ1n) is 6.20. The number of ketones is 1. The van der Waals surface area contributed by atoms with E-state index in [-0.39, 0.29) is 5.78 Å². The van der Waals surface area contributed by atoms with Gasteiger partial charge in [-0.3, -0.25) is 4.79 Å². The van der Waals surface area contributed by atoms with Crippen molar-refractivity contribution in [3.8, 4) is 0 Å². The molecule has 0 radical (unpaired) electrons. The van der Waals surface area contributed by atoms with E-state index in [4.69, 9.17) is 4.74 Å². The third-order valence-electron chi connectivity index (χ3n) is 3.25. The Balaban J connectivity index is 1.85. The Bertz CT molecular complexity index is 422. The van der Waals surface area contributed by atoms with Gasteiger partial charge in [0.25, 0.3) is 0 Å². The summed E-state index contributed by atoms with van der Waals surface area (Å²) in [6.07, 6.45) is 3.71. The van der Waals surface area contributed by atoms with E-state index in [0.717, 1.165) is 56.4 Å². The zero-order valence-corrected chi connectivity index (χ0v) is 10.6. The van der Waals surface area contributed by atoms with Crippen LogP contribution in [0.15, 0.2) is 0 Å². The van der Waals surface area contributed by atoms with Crippen molar-refractivity contribution < 1.29 is 9.53 Å². The number of anilines is 1. The fourth-order valence-electron chi connectivity index (χ4n) is 2.33. The van der Waals surface area contributed by atoms with Crippen LogP contribution in [-0.4, -0.2) is 37.1 Å². The average molecular weight is 252 g/mol. The molecule has 0 saturated carbocycles. The van der Waals surface area contributed by atoms with Gasteiger partial charge in [-0.1, -0.05) is 0 Å². The largest absolute Gasteiger partial charge is 0.380 e. The Labute approximate surface area is 105 Å². The van der Waals surface area contributed by atoms with E-state index < -0.39 is 0 Å². The molecule has 0 amide bonds. The highest BCUT2D eigenvalue weighted by molar-refractivity contribution is 7.16. The number of carbonyl (C=O) groups is 1. The number of thiazole rings is 1. The van der Waals surface area contributed by atoms with Crippen LogP contribution in [0.1, 0.15) is 34.6 Å². The number of nitrogens with zero attached hydrogens (tertiary/aromatic N) is 2. The predicted molar refractivity (Wildman–Crippen MR) is 67.0 cm³/mol. The smallest absolute Gasteiger partial charge is 0.186 e. The van der Waals surface area contributed by atoms with Crippen molar-refractivity contribution in [2.75, 3.05) is 31.2 Å². The summed E-state index contributed by atoms with van der Waals surface area (Å²) >= 11 is 1.69. The fraction of sp³-hybridized carbons (Fsp3) is 0.667. The Morgan fingerprint density at radius 1 is 1.18 bits per heavy atom. The van der Waals surface area contributed by atoms with Gasteiger partial charge in [0.1, 0.15) is 5.69 Å². The lowest BCUT2D eigenvalue weighted by Gasteiger charge is -2.17. The number of carbonyl (C=O) groups excluding carboxylic acids is 1. The molecule has 5 heteroatoms. The van der Waals surface area contributed by atoms with Crippen LogP contribution >= 0.6 is 11.3 Å². The van der Waals surface area contributed by atoms with Crippen molar-refractivity contribution in [2.24, 2.45) is 0 Å². The molecule has 92 valence electrons. The van der Waals surface area contributed by atoms with Crippen molar-refractivity contribution >= 4 is 22.3 Å². The van der Waals surface area contributed by atoms with Gasteiger partial charge in [-0.15, -0.1) is 11.3 Å². The second-order valence-corrected chi connectivity index (χ2v) is 5.56. The maximum absolute atomic E-state index is 11.8. The first-order chi connectivity index (χ1) is 8.34. The predicted octanol–water partition coefficient (Wildman–Crippen LogP) is 1.89. The zero-order valence-electron chi connectivity index (χ0n) is 9.78. The van der Waals surface area contributed by atoms with Crippen molar-refractivity contribution in [2.45, 2.75) is 25.7 Å². The lowest BCUT2D eigenvalue weighted by Crippen LogP contribution is -2.25. The zero-order chi connectivity index (χ0) is 11.7. The van der Waals surface area contributed by atoms with Gasteiger partial charge in [0.15, 0.2) is 10.9 Å². The van der Waals surface area contributed by atoms with E-state index in [1.165, 1.54) is 4.88 Å². The minimum absolute atomic E-state index is 0.222. The van der Waals surface area contributed by atoms with Crippen LogP contribution in [0, 0.1) is 0 Å². The van der Waals surface area contributed by atoms with Crippen LogP contribution in [0.25, 0.3) is 0 Å². The third-order valence-corrected chi connectivity index (χ3v) is 4.43. The van der Waals surface area contributed by atoms with E-state index >= 15 is 0 Å². The van der Waals surface area contributed by atoms with Gasteiger partial charge in [0, 0.05) is 31.0 Å². The molecule has 1 fully saturated rings. The summed E-state index contributed by atoms with van der Waals surface area (Å²) < 4.78 is 5.44. The summed E-state index contributed by atoms with van der Waals surface area (Å²) in [5.41, 5.74) is 0.737. The molecule has 3 rings (SSSR count). The Morgan fingerprint density at radius 2 is 2.12 bits per heavy atom. The first-order valence-corrected chi connectivity index (χ1v) is 7.02. The molecule has 2 heterocycles. The van der Waals surface area contributed by atoms with Gasteiger partial charge in [0.2, 0.25) is 0 Å². The second-order valence-electron chi connectivity index (χ2n) is 4.50. The standard InChI is InChI=1S/C12H16N2O2S/c15-9-3-1-4-10-11(9)13-12(17-10)14-5-2-7-16-8-6-14/h1-8H2. The first kappa shape index (κ1) is 11.2. The third kappa shape index (κ3) is 2.21. The van der Waals surface area contributed by atoms with Crippen LogP contribution in [-0.2, 0) is 11.2 Å². The monoisotopic (exact) mass is 252 g/mol. The molecule has 0 unspecified atom stereocenters. The van der Waals surface area contributed by atoms with E-state index in [1.807, 2.05) is 0 Å². The number of aromatic nitrogens is 1. The lowest BCUT2D eigenvalue weighted by molar-refractivity contribution is 0.0968. The fourth-order valence-corrected chi connectivity index (χ4v) is 3.50. The number of fused-ring (bicyclic) bond motifs is 1. The van der Waals surface area contributed by atoms with Crippen LogP contribution in [0.4, 0.5) is 5.13 Å². The number of hydrogen-bond acceptors (Lipinski definition) is 5. The van der Waals surface area contributed by atoms with Gasteiger partial charge in [0.05, 0.1) is 6.61 Å². The molecule has 0 bridgehead atoms. The molecule has 1 saturated heterocycles. The molecule has 0 aromatic carbocycles. The summed E-state index contributed by atoms with van der Waals surface area (Å²) in [4.78, 5) is 19.7. The SMILES string of the molecule is O=C1CCCc2sc(N3CCCOCC3)nc21. The van der Waals surface area contributed by atoms with Crippen LogP contribution in [0.3, 0.4) is 0 Å². The number of aryl methyl sites for hydroxylation is 1. The van der Waals surface area contributed by atoms with Crippen LogP contribution in [0.2, 0.25) is 0 Å². The molecule has 0 spiro atoms. The summed E-state index contributed by atoms with van der Waals surface area (Å²) in [6, 6.07) is 0. The van der Waals surface area contributed by atoms with Crippen molar-refractivity contribution in [1.82, 2.24) is 4.98 Å².